The molecule has 0 amide bonds. The number of hydrogen-bond acceptors (Lipinski definition) is 4. The normalized spacial score (nSPS) is 34.8. The topological polar surface area (TPSA) is 52.7 Å². The summed E-state index contributed by atoms with van der Waals surface area (Å²) in [6.07, 6.45) is 3.27. The fourth-order valence-electron chi connectivity index (χ4n) is 2.59. The second-order valence-electron chi connectivity index (χ2n) is 4.95. The summed E-state index contributed by atoms with van der Waals surface area (Å²) in [5.41, 5.74) is 5.94. The number of nitrogens with zero attached hydrogens (tertiary/aromatic N) is 2. The van der Waals surface area contributed by atoms with Crippen molar-refractivity contribution in [1.82, 2.24) is 9.80 Å². The lowest BCUT2D eigenvalue weighted by Gasteiger charge is -2.31. The van der Waals surface area contributed by atoms with E-state index in [9.17, 15) is 5.11 Å². The van der Waals surface area contributed by atoms with Crippen LogP contribution in [-0.2, 0) is 0 Å². The van der Waals surface area contributed by atoms with Crippen molar-refractivity contribution in [3.05, 3.63) is 0 Å². The molecule has 0 aromatic carbocycles. The van der Waals surface area contributed by atoms with Gasteiger partial charge in [-0.05, 0) is 25.8 Å². The zero-order valence-corrected chi connectivity index (χ0v) is 9.44. The van der Waals surface area contributed by atoms with Crippen LogP contribution in [0.3, 0.4) is 0 Å². The number of β-amino-alcohol motifs (C(OH)–C–C–N with tert-alkyl or cyclic N) is 1. The van der Waals surface area contributed by atoms with E-state index >= 15 is 0 Å². The standard InChI is InChI=1S/C11H23N3O/c12-10-2-1-4-13(8-10)6-7-14-5-3-11(15)9-14/h10-11,15H,1-9,12H2/t10-,11+/m1/s1. The minimum atomic E-state index is -0.0892. The Kier molecular flexibility index (Phi) is 3.97. The monoisotopic (exact) mass is 213 g/mol. The van der Waals surface area contributed by atoms with Gasteiger partial charge in [0.2, 0.25) is 0 Å². The predicted molar refractivity (Wildman–Crippen MR) is 60.7 cm³/mol. The summed E-state index contributed by atoms with van der Waals surface area (Å²) in [7, 11) is 0. The van der Waals surface area contributed by atoms with Crippen molar-refractivity contribution in [2.75, 3.05) is 39.3 Å². The molecule has 0 aromatic heterocycles. The van der Waals surface area contributed by atoms with Crippen molar-refractivity contribution >= 4 is 0 Å². The first-order valence-electron chi connectivity index (χ1n) is 6.12. The fraction of sp³-hybridized carbons (Fsp3) is 1.00. The lowest BCUT2D eigenvalue weighted by atomic mass is 10.1. The third-order valence-corrected chi connectivity index (χ3v) is 3.52. The van der Waals surface area contributed by atoms with Crippen LogP contribution >= 0.6 is 0 Å². The van der Waals surface area contributed by atoms with Gasteiger partial charge in [-0.1, -0.05) is 0 Å². The van der Waals surface area contributed by atoms with Gasteiger partial charge in [-0.25, -0.2) is 0 Å². The highest BCUT2D eigenvalue weighted by Gasteiger charge is 2.21. The zero-order valence-electron chi connectivity index (χ0n) is 9.44. The molecule has 2 aliphatic rings. The molecule has 0 saturated carbocycles. The van der Waals surface area contributed by atoms with Crippen LogP contribution in [-0.4, -0.2) is 66.3 Å². The molecule has 2 saturated heterocycles. The van der Waals surface area contributed by atoms with Crippen LogP contribution in [0.4, 0.5) is 0 Å². The molecule has 2 rings (SSSR count). The molecule has 3 N–H and O–H groups in total. The van der Waals surface area contributed by atoms with Crippen molar-refractivity contribution in [3.8, 4) is 0 Å². The summed E-state index contributed by atoms with van der Waals surface area (Å²) in [6, 6.07) is 0.378. The van der Waals surface area contributed by atoms with Gasteiger partial charge >= 0.3 is 0 Å². The van der Waals surface area contributed by atoms with Gasteiger partial charge in [0.1, 0.15) is 0 Å². The molecule has 88 valence electrons. The van der Waals surface area contributed by atoms with E-state index in [2.05, 4.69) is 9.80 Å². The molecule has 0 spiro atoms. The molecule has 0 radical (unpaired) electrons. The number of rotatable bonds is 3. The smallest absolute Gasteiger partial charge is 0.0679 e. The minimum Gasteiger partial charge on any atom is -0.392 e. The number of likely N-dealkylation sites (tertiary alicyclic amines) is 2. The van der Waals surface area contributed by atoms with Crippen LogP contribution in [0, 0.1) is 0 Å². The highest BCUT2D eigenvalue weighted by atomic mass is 16.3. The van der Waals surface area contributed by atoms with E-state index in [0.717, 1.165) is 39.1 Å². The van der Waals surface area contributed by atoms with Gasteiger partial charge in [-0.3, -0.25) is 4.90 Å². The number of aliphatic hydroxyl groups is 1. The molecule has 0 aliphatic carbocycles. The summed E-state index contributed by atoms with van der Waals surface area (Å²) in [4.78, 5) is 4.81. The van der Waals surface area contributed by atoms with Gasteiger partial charge in [0.05, 0.1) is 6.10 Å². The van der Waals surface area contributed by atoms with Crippen molar-refractivity contribution in [3.63, 3.8) is 0 Å². The number of hydrogen-bond donors (Lipinski definition) is 2. The second kappa shape index (κ2) is 5.25. The first kappa shape index (κ1) is 11.3. The van der Waals surface area contributed by atoms with E-state index < -0.39 is 0 Å². The van der Waals surface area contributed by atoms with Gasteiger partial charge in [-0.15, -0.1) is 0 Å². The van der Waals surface area contributed by atoms with Gasteiger partial charge < -0.3 is 15.7 Å². The number of aliphatic hydroxyl groups excluding tert-OH is 1. The summed E-state index contributed by atoms with van der Waals surface area (Å²) in [5.74, 6) is 0. The van der Waals surface area contributed by atoms with Crippen LogP contribution in [0.5, 0.6) is 0 Å². The Hall–Kier alpha value is -0.160. The summed E-state index contributed by atoms with van der Waals surface area (Å²) >= 11 is 0. The van der Waals surface area contributed by atoms with Crippen molar-refractivity contribution in [2.45, 2.75) is 31.4 Å². The van der Waals surface area contributed by atoms with E-state index in [1.165, 1.54) is 19.4 Å². The average Bonchev–Trinajstić information content (AvgIpc) is 2.62. The molecule has 0 bridgehead atoms. The molecule has 2 fully saturated rings. The van der Waals surface area contributed by atoms with E-state index in [0.29, 0.717) is 6.04 Å². The van der Waals surface area contributed by atoms with Gasteiger partial charge in [0.15, 0.2) is 0 Å². The molecule has 2 atom stereocenters. The van der Waals surface area contributed by atoms with Crippen LogP contribution in [0.2, 0.25) is 0 Å². The fourth-order valence-corrected chi connectivity index (χ4v) is 2.59. The maximum atomic E-state index is 9.40. The molecule has 0 unspecified atom stereocenters. The minimum absolute atomic E-state index is 0.0892. The first-order valence-corrected chi connectivity index (χ1v) is 6.12. The lowest BCUT2D eigenvalue weighted by molar-refractivity contribution is 0.157. The third-order valence-electron chi connectivity index (χ3n) is 3.52. The van der Waals surface area contributed by atoms with Crippen molar-refractivity contribution in [1.29, 1.82) is 0 Å². The van der Waals surface area contributed by atoms with Crippen LogP contribution in [0.1, 0.15) is 19.3 Å². The van der Waals surface area contributed by atoms with Crippen LogP contribution < -0.4 is 5.73 Å². The molecule has 4 heteroatoms. The Bertz CT molecular complexity index is 200. The Balaban J connectivity index is 1.64. The highest BCUT2D eigenvalue weighted by molar-refractivity contribution is 4.78. The Morgan fingerprint density at radius 1 is 1.07 bits per heavy atom. The maximum Gasteiger partial charge on any atom is 0.0679 e. The maximum absolute atomic E-state index is 9.40. The Morgan fingerprint density at radius 3 is 2.40 bits per heavy atom. The van der Waals surface area contributed by atoms with Crippen LogP contribution in [0.25, 0.3) is 0 Å². The predicted octanol–water partition coefficient (Wildman–Crippen LogP) is -0.524. The van der Waals surface area contributed by atoms with Crippen LogP contribution in [0.15, 0.2) is 0 Å². The van der Waals surface area contributed by atoms with E-state index in [1.807, 2.05) is 0 Å². The largest absolute Gasteiger partial charge is 0.392 e. The lowest BCUT2D eigenvalue weighted by Crippen LogP contribution is -2.45. The number of nitrogens with two attached hydrogens (primary N) is 1. The Labute approximate surface area is 92.0 Å². The third kappa shape index (κ3) is 3.41. The summed E-state index contributed by atoms with van der Waals surface area (Å²) < 4.78 is 0. The summed E-state index contributed by atoms with van der Waals surface area (Å²) in [6.45, 7) is 6.37. The average molecular weight is 213 g/mol. The van der Waals surface area contributed by atoms with E-state index in [4.69, 9.17) is 5.73 Å². The van der Waals surface area contributed by atoms with Crippen molar-refractivity contribution in [2.24, 2.45) is 5.73 Å². The quantitative estimate of drug-likeness (QED) is 0.662. The molecule has 0 aromatic rings. The highest BCUT2D eigenvalue weighted by Crippen LogP contribution is 2.11. The molecule has 15 heavy (non-hydrogen) atoms. The van der Waals surface area contributed by atoms with E-state index in [1.54, 1.807) is 0 Å². The first-order chi connectivity index (χ1) is 7.24. The Morgan fingerprint density at radius 2 is 1.80 bits per heavy atom. The molecule has 4 nitrogen and oxygen atoms in total. The summed E-state index contributed by atoms with van der Waals surface area (Å²) in [5, 5.41) is 9.40. The number of piperidine rings is 1. The zero-order chi connectivity index (χ0) is 10.7. The van der Waals surface area contributed by atoms with Gasteiger partial charge in [-0.2, -0.15) is 0 Å². The molecule has 2 heterocycles. The van der Waals surface area contributed by atoms with Gasteiger partial charge in [0.25, 0.3) is 0 Å². The molecule has 2 aliphatic heterocycles. The molecular formula is C11H23N3O. The second-order valence-corrected chi connectivity index (χ2v) is 4.95. The van der Waals surface area contributed by atoms with E-state index in [-0.39, 0.29) is 6.10 Å². The molecular weight excluding hydrogens is 190 g/mol. The van der Waals surface area contributed by atoms with Gasteiger partial charge in [0, 0.05) is 38.8 Å². The SMILES string of the molecule is N[C@@H]1CCCN(CCN2CC[C@H](O)C2)C1. The van der Waals surface area contributed by atoms with Crippen molar-refractivity contribution < 1.29 is 5.11 Å².